The molecular weight excluding hydrogens is 363 g/mol. The van der Waals surface area contributed by atoms with Gasteiger partial charge in [0.15, 0.2) is 11.5 Å². The van der Waals surface area contributed by atoms with Crippen LogP contribution in [0.1, 0.15) is 10.4 Å². The SMILES string of the molecule is CN(CC(=O)Nc1cccc(F)c1)C(=O)c1cc(Cl)c2c(c1)OCCO2. The molecule has 0 aliphatic carbocycles. The number of likely N-dealkylation sites (N-methyl/N-ethyl adjacent to an activating group) is 1. The first-order valence-electron chi connectivity index (χ1n) is 7.84. The number of carbonyl (C=O) groups is 2. The third-order valence-electron chi connectivity index (χ3n) is 3.68. The number of benzene rings is 2. The van der Waals surface area contributed by atoms with Crippen LogP contribution in [0.4, 0.5) is 10.1 Å². The standard InChI is InChI=1S/C18H16ClFN2O4/c1-22(10-16(23)21-13-4-2-3-12(20)9-13)18(24)11-7-14(19)17-15(8-11)25-5-6-26-17/h2-4,7-9H,5-6,10H2,1H3,(H,21,23). The van der Waals surface area contributed by atoms with E-state index in [2.05, 4.69) is 5.32 Å². The highest BCUT2D eigenvalue weighted by molar-refractivity contribution is 6.32. The Morgan fingerprint density at radius 3 is 2.77 bits per heavy atom. The molecular formula is C18H16ClFN2O4. The summed E-state index contributed by atoms with van der Waals surface area (Å²) in [6.45, 7) is 0.550. The molecule has 2 aromatic carbocycles. The predicted octanol–water partition coefficient (Wildman–Crippen LogP) is 2.96. The van der Waals surface area contributed by atoms with Gasteiger partial charge in [-0.2, -0.15) is 0 Å². The number of anilines is 1. The molecule has 8 heteroatoms. The molecule has 0 fully saturated rings. The van der Waals surface area contributed by atoms with Crippen molar-refractivity contribution < 1.29 is 23.5 Å². The molecule has 0 unspecified atom stereocenters. The van der Waals surface area contributed by atoms with Gasteiger partial charge in [-0.15, -0.1) is 0 Å². The fraction of sp³-hybridized carbons (Fsp3) is 0.222. The van der Waals surface area contributed by atoms with Gasteiger partial charge in [0, 0.05) is 18.3 Å². The maximum Gasteiger partial charge on any atom is 0.254 e. The second kappa shape index (κ2) is 7.61. The molecule has 1 aliphatic heterocycles. The normalized spacial score (nSPS) is 12.4. The van der Waals surface area contributed by atoms with Gasteiger partial charge in [0.25, 0.3) is 5.91 Å². The third kappa shape index (κ3) is 4.05. The molecule has 1 heterocycles. The van der Waals surface area contributed by atoms with Gasteiger partial charge in [-0.05, 0) is 30.3 Å². The van der Waals surface area contributed by atoms with Crippen LogP contribution in [-0.2, 0) is 4.79 Å². The summed E-state index contributed by atoms with van der Waals surface area (Å²) < 4.78 is 24.0. The number of hydrogen-bond acceptors (Lipinski definition) is 4. The summed E-state index contributed by atoms with van der Waals surface area (Å²) in [7, 11) is 1.48. The third-order valence-corrected chi connectivity index (χ3v) is 3.96. The van der Waals surface area contributed by atoms with E-state index in [0.717, 1.165) is 0 Å². The van der Waals surface area contributed by atoms with Gasteiger partial charge >= 0.3 is 0 Å². The zero-order chi connectivity index (χ0) is 18.7. The van der Waals surface area contributed by atoms with Crippen molar-refractivity contribution in [2.24, 2.45) is 0 Å². The Morgan fingerprint density at radius 1 is 1.23 bits per heavy atom. The number of nitrogens with one attached hydrogen (secondary N) is 1. The van der Waals surface area contributed by atoms with Gasteiger partial charge in [-0.25, -0.2) is 4.39 Å². The highest BCUT2D eigenvalue weighted by Crippen LogP contribution is 2.38. The first-order chi connectivity index (χ1) is 12.4. The number of fused-ring (bicyclic) bond motifs is 1. The number of halogens is 2. The lowest BCUT2D eigenvalue weighted by molar-refractivity contribution is -0.116. The second-order valence-corrected chi connectivity index (χ2v) is 6.11. The number of carbonyl (C=O) groups excluding carboxylic acids is 2. The van der Waals surface area contributed by atoms with Crippen molar-refractivity contribution in [2.75, 3.05) is 32.1 Å². The summed E-state index contributed by atoms with van der Waals surface area (Å²) >= 11 is 6.13. The lowest BCUT2D eigenvalue weighted by Crippen LogP contribution is -2.35. The summed E-state index contributed by atoms with van der Waals surface area (Å²) in [6.07, 6.45) is 0. The molecule has 0 radical (unpaired) electrons. The van der Waals surface area contributed by atoms with Crippen LogP contribution < -0.4 is 14.8 Å². The fourth-order valence-electron chi connectivity index (χ4n) is 2.51. The Hall–Kier alpha value is -2.80. The van der Waals surface area contributed by atoms with Gasteiger partial charge in [0.2, 0.25) is 5.91 Å². The number of nitrogens with zero attached hydrogens (tertiary/aromatic N) is 1. The van der Waals surface area contributed by atoms with Crippen molar-refractivity contribution in [3.63, 3.8) is 0 Å². The van der Waals surface area contributed by atoms with Crippen LogP contribution >= 0.6 is 11.6 Å². The van der Waals surface area contributed by atoms with Gasteiger partial charge in [0.1, 0.15) is 19.0 Å². The van der Waals surface area contributed by atoms with Crippen molar-refractivity contribution >= 4 is 29.1 Å². The first-order valence-corrected chi connectivity index (χ1v) is 8.22. The number of amides is 2. The van der Waals surface area contributed by atoms with Crippen LogP contribution in [0.25, 0.3) is 0 Å². The van der Waals surface area contributed by atoms with Gasteiger partial charge < -0.3 is 19.7 Å². The Morgan fingerprint density at radius 2 is 2.00 bits per heavy atom. The van der Waals surface area contributed by atoms with Gasteiger partial charge in [0.05, 0.1) is 11.6 Å². The second-order valence-electron chi connectivity index (χ2n) is 5.70. The molecule has 3 rings (SSSR count). The summed E-state index contributed by atoms with van der Waals surface area (Å²) in [5.41, 5.74) is 0.596. The maximum absolute atomic E-state index is 13.2. The van der Waals surface area contributed by atoms with Gasteiger partial charge in [-0.3, -0.25) is 9.59 Å². The molecule has 26 heavy (non-hydrogen) atoms. The van der Waals surface area contributed by atoms with Crippen LogP contribution in [0.2, 0.25) is 5.02 Å². The van der Waals surface area contributed by atoms with Crippen LogP contribution in [0.15, 0.2) is 36.4 Å². The van der Waals surface area contributed by atoms with Crippen LogP contribution in [0.3, 0.4) is 0 Å². The van der Waals surface area contributed by atoms with Crippen LogP contribution in [-0.4, -0.2) is 43.5 Å². The van der Waals surface area contributed by atoms with E-state index in [1.54, 1.807) is 6.07 Å². The van der Waals surface area contributed by atoms with Gasteiger partial charge in [-0.1, -0.05) is 17.7 Å². The van der Waals surface area contributed by atoms with E-state index in [1.807, 2.05) is 0 Å². The number of rotatable bonds is 4. The summed E-state index contributed by atoms with van der Waals surface area (Å²) in [5, 5.41) is 2.80. The molecule has 136 valence electrons. The Kier molecular flexibility index (Phi) is 5.27. The fourth-order valence-corrected chi connectivity index (χ4v) is 2.77. The highest BCUT2D eigenvalue weighted by Gasteiger charge is 2.22. The van der Waals surface area contributed by atoms with Crippen LogP contribution in [0.5, 0.6) is 11.5 Å². The lowest BCUT2D eigenvalue weighted by Gasteiger charge is -2.22. The topological polar surface area (TPSA) is 67.9 Å². The molecule has 1 N–H and O–H groups in total. The molecule has 6 nitrogen and oxygen atoms in total. The van der Waals surface area contributed by atoms with Crippen molar-refractivity contribution in [3.05, 3.63) is 52.8 Å². The van der Waals surface area contributed by atoms with E-state index in [0.29, 0.717) is 30.4 Å². The van der Waals surface area contributed by atoms with E-state index in [4.69, 9.17) is 21.1 Å². The van der Waals surface area contributed by atoms with E-state index in [9.17, 15) is 14.0 Å². The molecule has 0 spiro atoms. The lowest BCUT2D eigenvalue weighted by atomic mass is 10.1. The minimum Gasteiger partial charge on any atom is -0.486 e. The summed E-state index contributed by atoms with van der Waals surface area (Å²) in [6, 6.07) is 8.51. The Bertz CT molecular complexity index is 859. The zero-order valence-electron chi connectivity index (χ0n) is 13.9. The highest BCUT2D eigenvalue weighted by atomic mass is 35.5. The van der Waals surface area contributed by atoms with Crippen molar-refractivity contribution in [3.8, 4) is 11.5 Å². The van der Waals surface area contributed by atoms with Crippen LogP contribution in [0, 0.1) is 5.82 Å². The van der Waals surface area contributed by atoms with Crippen molar-refractivity contribution in [1.29, 1.82) is 0 Å². The largest absolute Gasteiger partial charge is 0.486 e. The average molecular weight is 379 g/mol. The number of hydrogen-bond donors (Lipinski definition) is 1. The molecule has 0 saturated carbocycles. The average Bonchev–Trinajstić information content (AvgIpc) is 2.61. The smallest absolute Gasteiger partial charge is 0.254 e. The number of ether oxygens (including phenoxy) is 2. The van der Waals surface area contributed by atoms with Crippen molar-refractivity contribution in [2.45, 2.75) is 0 Å². The maximum atomic E-state index is 13.2. The molecule has 1 aliphatic rings. The Labute approximate surface area is 154 Å². The molecule has 2 aromatic rings. The molecule has 0 bridgehead atoms. The molecule has 2 amide bonds. The van der Waals surface area contributed by atoms with Crippen molar-refractivity contribution in [1.82, 2.24) is 4.90 Å². The zero-order valence-corrected chi connectivity index (χ0v) is 14.7. The molecule has 0 atom stereocenters. The predicted molar refractivity (Wildman–Crippen MR) is 94.4 cm³/mol. The van der Waals surface area contributed by atoms with E-state index in [1.165, 1.54) is 42.3 Å². The van der Waals surface area contributed by atoms with E-state index in [-0.39, 0.29) is 17.1 Å². The molecule has 0 saturated heterocycles. The van der Waals surface area contributed by atoms with E-state index < -0.39 is 17.6 Å². The first kappa shape index (κ1) is 18.0. The van der Waals surface area contributed by atoms with E-state index >= 15 is 0 Å². The minimum atomic E-state index is -0.460. The summed E-state index contributed by atoms with van der Waals surface area (Å²) in [5.74, 6) is -0.516. The quantitative estimate of drug-likeness (QED) is 0.888. The monoisotopic (exact) mass is 378 g/mol. The molecule has 0 aromatic heterocycles. The Balaban J connectivity index is 1.68. The minimum absolute atomic E-state index is 0.207. The summed E-state index contributed by atoms with van der Waals surface area (Å²) in [4.78, 5) is 25.9.